The van der Waals surface area contributed by atoms with Gasteiger partial charge in [0.2, 0.25) is 0 Å². The number of nitrogens with zero attached hydrogens (tertiary/aromatic N) is 1. The first kappa shape index (κ1) is 14.4. The van der Waals surface area contributed by atoms with Crippen molar-refractivity contribution in [2.24, 2.45) is 0 Å². The molecule has 1 saturated heterocycles. The zero-order valence-electron chi connectivity index (χ0n) is 11.8. The van der Waals surface area contributed by atoms with E-state index in [0.717, 1.165) is 42.4 Å². The summed E-state index contributed by atoms with van der Waals surface area (Å²) in [5.74, 6) is -0.794. The Balaban J connectivity index is 2.02. The number of carbonyl (C=O) groups is 1. The van der Waals surface area contributed by atoms with Crippen molar-refractivity contribution in [1.29, 1.82) is 0 Å². The molecular weight excluding hydrogens is 288 g/mol. The van der Waals surface area contributed by atoms with Crippen LogP contribution < -0.4 is 0 Å². The summed E-state index contributed by atoms with van der Waals surface area (Å²) >= 11 is 6.07. The first-order chi connectivity index (χ1) is 10.2. The average Bonchev–Trinajstić information content (AvgIpc) is 2.68. The zero-order valence-corrected chi connectivity index (χ0v) is 12.6. The molecule has 0 saturated carbocycles. The molecule has 21 heavy (non-hydrogen) atoms. The van der Waals surface area contributed by atoms with E-state index in [2.05, 4.69) is 9.88 Å². The zero-order chi connectivity index (χ0) is 14.8. The highest BCUT2D eigenvalue weighted by molar-refractivity contribution is 6.31. The molecule has 2 aromatic rings. The lowest BCUT2D eigenvalue weighted by molar-refractivity contribution is -0.143. The van der Waals surface area contributed by atoms with Gasteiger partial charge in [0, 0.05) is 27.7 Å². The van der Waals surface area contributed by atoms with E-state index >= 15 is 0 Å². The van der Waals surface area contributed by atoms with Crippen molar-refractivity contribution in [1.82, 2.24) is 9.88 Å². The Hall–Kier alpha value is -1.52. The van der Waals surface area contributed by atoms with Crippen LogP contribution >= 0.6 is 11.6 Å². The van der Waals surface area contributed by atoms with Crippen LogP contribution in [0.1, 0.15) is 37.3 Å². The van der Waals surface area contributed by atoms with Gasteiger partial charge in [0.25, 0.3) is 0 Å². The van der Waals surface area contributed by atoms with Crippen molar-refractivity contribution in [2.45, 2.75) is 31.7 Å². The maximum absolute atomic E-state index is 11.8. The number of hydrogen-bond acceptors (Lipinski definition) is 2. The molecule has 2 N–H and O–H groups in total. The molecule has 1 atom stereocenters. The number of likely N-dealkylation sites (tertiary alicyclic amines) is 1. The van der Waals surface area contributed by atoms with Gasteiger partial charge in [0.05, 0.1) is 0 Å². The Bertz CT molecular complexity index is 645. The van der Waals surface area contributed by atoms with Gasteiger partial charge in [0.15, 0.2) is 0 Å². The van der Waals surface area contributed by atoms with E-state index in [4.69, 9.17) is 11.6 Å². The van der Waals surface area contributed by atoms with Crippen molar-refractivity contribution in [2.75, 3.05) is 13.1 Å². The van der Waals surface area contributed by atoms with E-state index in [1.165, 1.54) is 12.8 Å². The SMILES string of the molecule is O=C(O)[C@@H](c1c[nH]c2ccc(Cl)cc12)N1CCCCCC1. The molecule has 1 aromatic heterocycles. The highest BCUT2D eigenvalue weighted by atomic mass is 35.5. The first-order valence-electron chi connectivity index (χ1n) is 7.40. The number of aromatic nitrogens is 1. The standard InChI is InChI=1S/C16H19ClN2O2/c17-11-5-6-14-12(9-11)13(10-18-14)15(16(20)21)19-7-3-1-2-4-8-19/h5-6,9-10,15,18H,1-4,7-8H2,(H,20,21)/t15-/m1/s1. The van der Waals surface area contributed by atoms with E-state index in [-0.39, 0.29) is 0 Å². The highest BCUT2D eigenvalue weighted by Crippen LogP contribution is 2.31. The minimum atomic E-state index is -0.794. The van der Waals surface area contributed by atoms with E-state index in [9.17, 15) is 9.90 Å². The Labute approximate surface area is 128 Å². The van der Waals surface area contributed by atoms with Gasteiger partial charge in [-0.1, -0.05) is 24.4 Å². The number of hydrogen-bond donors (Lipinski definition) is 2. The Morgan fingerprint density at radius 3 is 2.62 bits per heavy atom. The fraction of sp³-hybridized carbons (Fsp3) is 0.438. The van der Waals surface area contributed by atoms with E-state index in [1.54, 1.807) is 0 Å². The summed E-state index contributed by atoms with van der Waals surface area (Å²) in [7, 11) is 0. The number of rotatable bonds is 3. The molecule has 0 aliphatic carbocycles. The molecule has 1 fully saturated rings. The number of carboxylic acids is 1. The largest absolute Gasteiger partial charge is 0.480 e. The summed E-state index contributed by atoms with van der Waals surface area (Å²) in [5.41, 5.74) is 1.73. The van der Waals surface area contributed by atoms with Crippen molar-refractivity contribution >= 4 is 28.5 Å². The number of carboxylic acid groups (broad SMARTS) is 1. The van der Waals surface area contributed by atoms with Gasteiger partial charge in [-0.05, 0) is 44.1 Å². The third-order valence-corrected chi connectivity index (χ3v) is 4.45. The van der Waals surface area contributed by atoms with Crippen LogP contribution in [0, 0.1) is 0 Å². The highest BCUT2D eigenvalue weighted by Gasteiger charge is 2.29. The fourth-order valence-corrected chi connectivity index (χ4v) is 3.35. The maximum Gasteiger partial charge on any atom is 0.325 e. The molecule has 5 heteroatoms. The molecular formula is C16H19ClN2O2. The molecule has 0 bridgehead atoms. The summed E-state index contributed by atoms with van der Waals surface area (Å²) in [6, 6.07) is 4.94. The topological polar surface area (TPSA) is 56.3 Å². The van der Waals surface area contributed by atoms with Gasteiger partial charge in [-0.3, -0.25) is 9.69 Å². The molecule has 1 aliphatic rings. The van der Waals surface area contributed by atoms with Crippen molar-refractivity contribution in [3.8, 4) is 0 Å². The minimum absolute atomic E-state index is 0.602. The van der Waals surface area contributed by atoms with Crippen LogP contribution in [0.5, 0.6) is 0 Å². The fourth-order valence-electron chi connectivity index (χ4n) is 3.18. The maximum atomic E-state index is 11.8. The third-order valence-electron chi connectivity index (χ3n) is 4.21. The second-order valence-corrected chi connectivity index (χ2v) is 6.06. The summed E-state index contributed by atoms with van der Waals surface area (Å²) in [6.07, 6.45) is 6.30. The Kier molecular flexibility index (Phi) is 4.17. The number of halogens is 1. The summed E-state index contributed by atoms with van der Waals surface area (Å²) in [4.78, 5) is 17.1. The summed E-state index contributed by atoms with van der Waals surface area (Å²) in [6.45, 7) is 1.68. The smallest absolute Gasteiger partial charge is 0.325 e. The monoisotopic (exact) mass is 306 g/mol. The molecule has 2 heterocycles. The quantitative estimate of drug-likeness (QED) is 0.906. The van der Waals surface area contributed by atoms with Crippen molar-refractivity contribution in [3.05, 3.63) is 35.0 Å². The second kappa shape index (κ2) is 6.08. The van der Waals surface area contributed by atoms with Crippen LogP contribution in [0.15, 0.2) is 24.4 Å². The second-order valence-electron chi connectivity index (χ2n) is 5.62. The van der Waals surface area contributed by atoms with Gasteiger partial charge in [-0.2, -0.15) is 0 Å². The molecule has 0 radical (unpaired) electrons. The van der Waals surface area contributed by atoms with Gasteiger partial charge in [0.1, 0.15) is 6.04 Å². The predicted octanol–water partition coefficient (Wildman–Crippen LogP) is 3.82. The molecule has 1 aromatic carbocycles. The molecule has 112 valence electrons. The van der Waals surface area contributed by atoms with Crippen molar-refractivity contribution in [3.63, 3.8) is 0 Å². The normalized spacial score (nSPS) is 18.5. The van der Waals surface area contributed by atoms with Crippen LogP contribution in [0.3, 0.4) is 0 Å². The lowest BCUT2D eigenvalue weighted by Crippen LogP contribution is -2.34. The molecule has 0 unspecified atom stereocenters. The minimum Gasteiger partial charge on any atom is -0.480 e. The van der Waals surface area contributed by atoms with Crippen LogP contribution in [0.4, 0.5) is 0 Å². The number of aliphatic carboxylic acids is 1. The van der Waals surface area contributed by atoms with Crippen molar-refractivity contribution < 1.29 is 9.90 Å². The first-order valence-corrected chi connectivity index (χ1v) is 7.78. The number of H-pyrrole nitrogens is 1. The lowest BCUT2D eigenvalue weighted by atomic mass is 10.0. The van der Waals surface area contributed by atoms with Crippen LogP contribution in [0.2, 0.25) is 5.02 Å². The lowest BCUT2D eigenvalue weighted by Gasteiger charge is -2.27. The molecule has 1 aliphatic heterocycles. The van der Waals surface area contributed by atoms with E-state index in [0.29, 0.717) is 5.02 Å². The number of benzene rings is 1. The molecule has 3 rings (SSSR count). The Morgan fingerprint density at radius 2 is 1.95 bits per heavy atom. The molecule has 0 amide bonds. The summed E-state index contributed by atoms with van der Waals surface area (Å²) in [5, 5.41) is 11.3. The van der Waals surface area contributed by atoms with Gasteiger partial charge >= 0.3 is 5.97 Å². The third kappa shape index (κ3) is 2.92. The van der Waals surface area contributed by atoms with E-state index < -0.39 is 12.0 Å². The van der Waals surface area contributed by atoms with Crippen LogP contribution in [-0.2, 0) is 4.79 Å². The number of nitrogens with one attached hydrogen (secondary N) is 1. The number of aromatic amines is 1. The van der Waals surface area contributed by atoms with Crippen LogP contribution in [0.25, 0.3) is 10.9 Å². The van der Waals surface area contributed by atoms with Gasteiger partial charge in [-0.25, -0.2) is 0 Å². The molecule has 0 spiro atoms. The van der Waals surface area contributed by atoms with E-state index in [1.807, 2.05) is 24.4 Å². The van der Waals surface area contributed by atoms with Crippen LogP contribution in [-0.4, -0.2) is 34.0 Å². The predicted molar refractivity (Wildman–Crippen MR) is 83.7 cm³/mol. The van der Waals surface area contributed by atoms with Gasteiger partial charge < -0.3 is 10.1 Å². The summed E-state index contributed by atoms with van der Waals surface area (Å²) < 4.78 is 0. The number of fused-ring (bicyclic) bond motifs is 1. The molecule has 4 nitrogen and oxygen atoms in total. The van der Waals surface area contributed by atoms with Gasteiger partial charge in [-0.15, -0.1) is 0 Å². The Morgan fingerprint density at radius 1 is 1.24 bits per heavy atom. The average molecular weight is 307 g/mol.